The van der Waals surface area contributed by atoms with E-state index >= 15 is 0 Å². The van der Waals surface area contributed by atoms with Crippen LogP contribution in [0.15, 0.2) is 12.4 Å². The molecule has 2 atom stereocenters. The van der Waals surface area contributed by atoms with E-state index in [1.807, 2.05) is 10.9 Å². The Bertz CT molecular complexity index is 222. The first kappa shape index (κ1) is 6.79. The van der Waals surface area contributed by atoms with Crippen LogP contribution >= 0.6 is 0 Å². The number of rotatable bonds is 1. The van der Waals surface area contributed by atoms with Crippen molar-refractivity contribution in [2.75, 3.05) is 0 Å². The van der Waals surface area contributed by atoms with E-state index in [0.717, 1.165) is 19.3 Å². The smallest absolute Gasteiger partial charge is 0.0693 e. The van der Waals surface area contributed by atoms with Gasteiger partial charge in [-0.25, -0.2) is 4.68 Å². The van der Waals surface area contributed by atoms with Crippen molar-refractivity contribution in [3.8, 4) is 0 Å². The average molecular weight is 153 g/mol. The first-order chi connectivity index (χ1) is 5.36. The van der Waals surface area contributed by atoms with Gasteiger partial charge in [-0.15, -0.1) is 5.10 Å². The summed E-state index contributed by atoms with van der Waals surface area (Å²) in [5.74, 6) is 0. The van der Waals surface area contributed by atoms with Crippen LogP contribution in [0, 0.1) is 0 Å². The number of hydrogen-bond donors (Lipinski definition) is 1. The molecule has 1 heterocycles. The van der Waals surface area contributed by atoms with Crippen LogP contribution in [-0.2, 0) is 0 Å². The molecule has 1 fully saturated rings. The Morgan fingerprint density at radius 1 is 1.45 bits per heavy atom. The van der Waals surface area contributed by atoms with Crippen molar-refractivity contribution in [2.24, 2.45) is 0 Å². The van der Waals surface area contributed by atoms with E-state index in [0.29, 0.717) is 6.04 Å². The van der Waals surface area contributed by atoms with Crippen molar-refractivity contribution in [3.63, 3.8) is 0 Å². The molecule has 0 radical (unpaired) electrons. The molecule has 0 spiro atoms. The molecule has 4 nitrogen and oxygen atoms in total. The van der Waals surface area contributed by atoms with E-state index in [1.54, 1.807) is 6.20 Å². The Morgan fingerprint density at radius 2 is 2.36 bits per heavy atom. The Hall–Kier alpha value is -0.900. The fourth-order valence-electron chi connectivity index (χ4n) is 1.59. The van der Waals surface area contributed by atoms with E-state index in [-0.39, 0.29) is 6.10 Å². The molecule has 1 aliphatic rings. The maximum Gasteiger partial charge on any atom is 0.0693 e. The molecule has 4 heteroatoms. The van der Waals surface area contributed by atoms with Gasteiger partial charge in [0.05, 0.1) is 18.3 Å². The normalized spacial score (nSPS) is 31.0. The van der Waals surface area contributed by atoms with E-state index in [9.17, 15) is 5.11 Å². The number of hydrogen-bond acceptors (Lipinski definition) is 3. The molecule has 1 aliphatic carbocycles. The summed E-state index contributed by atoms with van der Waals surface area (Å²) in [7, 11) is 0. The zero-order valence-corrected chi connectivity index (χ0v) is 6.22. The van der Waals surface area contributed by atoms with Crippen LogP contribution in [0.2, 0.25) is 0 Å². The minimum Gasteiger partial charge on any atom is -0.393 e. The lowest BCUT2D eigenvalue weighted by Crippen LogP contribution is -2.07. The Morgan fingerprint density at radius 3 is 2.91 bits per heavy atom. The predicted molar refractivity (Wildman–Crippen MR) is 38.9 cm³/mol. The van der Waals surface area contributed by atoms with Gasteiger partial charge in [-0.2, -0.15) is 0 Å². The SMILES string of the molecule is OC1CCC(n2ccnn2)C1. The molecular formula is C7H11N3O. The molecule has 1 N–H and O–H groups in total. The van der Waals surface area contributed by atoms with Crippen molar-refractivity contribution in [2.45, 2.75) is 31.4 Å². The number of nitrogens with zero attached hydrogens (tertiary/aromatic N) is 3. The van der Waals surface area contributed by atoms with Crippen LogP contribution in [0.5, 0.6) is 0 Å². The molecule has 2 rings (SSSR count). The summed E-state index contributed by atoms with van der Waals surface area (Å²) >= 11 is 0. The number of aromatic nitrogens is 3. The number of aliphatic hydroxyl groups excluding tert-OH is 1. The van der Waals surface area contributed by atoms with Gasteiger partial charge in [0.2, 0.25) is 0 Å². The molecule has 0 saturated heterocycles. The minimum atomic E-state index is -0.135. The fourth-order valence-corrected chi connectivity index (χ4v) is 1.59. The average Bonchev–Trinajstić information content (AvgIpc) is 2.55. The van der Waals surface area contributed by atoms with E-state index in [4.69, 9.17) is 0 Å². The highest BCUT2D eigenvalue weighted by atomic mass is 16.3. The van der Waals surface area contributed by atoms with Crippen molar-refractivity contribution < 1.29 is 5.11 Å². The second kappa shape index (κ2) is 2.62. The van der Waals surface area contributed by atoms with Crippen LogP contribution in [0.3, 0.4) is 0 Å². The number of aliphatic hydroxyl groups is 1. The lowest BCUT2D eigenvalue weighted by molar-refractivity contribution is 0.177. The van der Waals surface area contributed by atoms with Crippen LogP contribution in [-0.4, -0.2) is 26.2 Å². The van der Waals surface area contributed by atoms with Gasteiger partial charge >= 0.3 is 0 Å². The van der Waals surface area contributed by atoms with Gasteiger partial charge in [-0.05, 0) is 19.3 Å². The predicted octanol–water partition coefficient (Wildman–Crippen LogP) is 0.364. The highest BCUT2D eigenvalue weighted by molar-refractivity contribution is 4.80. The highest BCUT2D eigenvalue weighted by Crippen LogP contribution is 2.28. The molecule has 1 aromatic rings. The molecule has 11 heavy (non-hydrogen) atoms. The molecule has 0 amide bonds. The maximum absolute atomic E-state index is 9.24. The largest absolute Gasteiger partial charge is 0.393 e. The Labute approximate surface area is 64.8 Å². The first-order valence-corrected chi connectivity index (χ1v) is 3.90. The van der Waals surface area contributed by atoms with Gasteiger partial charge in [0.25, 0.3) is 0 Å². The van der Waals surface area contributed by atoms with Crippen molar-refractivity contribution in [1.29, 1.82) is 0 Å². The second-order valence-electron chi connectivity index (χ2n) is 3.00. The molecule has 0 bridgehead atoms. The third kappa shape index (κ3) is 1.26. The molecular weight excluding hydrogens is 142 g/mol. The van der Waals surface area contributed by atoms with Crippen LogP contribution in [0.4, 0.5) is 0 Å². The highest BCUT2D eigenvalue weighted by Gasteiger charge is 2.24. The van der Waals surface area contributed by atoms with E-state index in [2.05, 4.69) is 10.3 Å². The van der Waals surface area contributed by atoms with Gasteiger partial charge in [-0.1, -0.05) is 5.21 Å². The zero-order chi connectivity index (χ0) is 7.68. The summed E-state index contributed by atoms with van der Waals surface area (Å²) in [6.45, 7) is 0. The van der Waals surface area contributed by atoms with Gasteiger partial charge in [0.15, 0.2) is 0 Å². The lowest BCUT2D eigenvalue weighted by Gasteiger charge is -2.07. The third-order valence-corrected chi connectivity index (χ3v) is 2.19. The van der Waals surface area contributed by atoms with Crippen LogP contribution < -0.4 is 0 Å². The summed E-state index contributed by atoms with van der Waals surface area (Å²) < 4.78 is 1.83. The summed E-state index contributed by atoms with van der Waals surface area (Å²) in [4.78, 5) is 0. The van der Waals surface area contributed by atoms with Crippen LogP contribution in [0.25, 0.3) is 0 Å². The fraction of sp³-hybridized carbons (Fsp3) is 0.714. The molecule has 1 aromatic heterocycles. The zero-order valence-electron chi connectivity index (χ0n) is 6.22. The quantitative estimate of drug-likeness (QED) is 0.634. The lowest BCUT2D eigenvalue weighted by atomic mass is 10.2. The molecule has 1 saturated carbocycles. The van der Waals surface area contributed by atoms with Crippen molar-refractivity contribution in [3.05, 3.63) is 12.4 Å². The van der Waals surface area contributed by atoms with Gasteiger partial charge in [0, 0.05) is 6.20 Å². The summed E-state index contributed by atoms with van der Waals surface area (Å²) in [5.41, 5.74) is 0. The van der Waals surface area contributed by atoms with Gasteiger partial charge in [0.1, 0.15) is 0 Å². The third-order valence-electron chi connectivity index (χ3n) is 2.19. The summed E-state index contributed by atoms with van der Waals surface area (Å²) in [6.07, 6.45) is 6.12. The second-order valence-corrected chi connectivity index (χ2v) is 3.00. The van der Waals surface area contributed by atoms with Gasteiger partial charge in [-0.3, -0.25) is 0 Å². The summed E-state index contributed by atoms with van der Waals surface area (Å²) in [5, 5.41) is 16.8. The Kier molecular flexibility index (Phi) is 1.62. The molecule has 0 aromatic carbocycles. The van der Waals surface area contributed by atoms with Crippen LogP contribution in [0.1, 0.15) is 25.3 Å². The summed E-state index contributed by atoms with van der Waals surface area (Å²) in [6, 6.07) is 0.368. The Balaban J connectivity index is 2.08. The van der Waals surface area contributed by atoms with Crippen molar-refractivity contribution in [1.82, 2.24) is 15.0 Å². The molecule has 60 valence electrons. The van der Waals surface area contributed by atoms with E-state index < -0.39 is 0 Å². The molecule has 0 aliphatic heterocycles. The standard InChI is InChI=1S/C7H11N3O/c11-7-2-1-6(5-7)10-4-3-8-9-10/h3-4,6-7,11H,1-2,5H2. The topological polar surface area (TPSA) is 50.9 Å². The van der Waals surface area contributed by atoms with Gasteiger partial charge < -0.3 is 5.11 Å². The van der Waals surface area contributed by atoms with E-state index in [1.165, 1.54) is 0 Å². The molecule has 2 unspecified atom stereocenters. The minimum absolute atomic E-state index is 0.135. The maximum atomic E-state index is 9.24. The van der Waals surface area contributed by atoms with Crippen molar-refractivity contribution >= 4 is 0 Å². The monoisotopic (exact) mass is 153 g/mol. The first-order valence-electron chi connectivity index (χ1n) is 3.90.